The summed E-state index contributed by atoms with van der Waals surface area (Å²) in [5, 5.41) is 0.616. The predicted molar refractivity (Wildman–Crippen MR) is 93.5 cm³/mol. The van der Waals surface area contributed by atoms with Crippen LogP contribution in [0.2, 0.25) is 10.0 Å². The summed E-state index contributed by atoms with van der Waals surface area (Å²) in [4.78, 5) is -0.0495. The van der Waals surface area contributed by atoms with Crippen LogP contribution in [0.4, 0.5) is 11.4 Å². The highest BCUT2D eigenvalue weighted by Crippen LogP contribution is 2.33. The molecule has 0 amide bonds. The Kier molecular flexibility index (Phi) is 5.10. The lowest BCUT2D eigenvalue weighted by atomic mass is 10.3. The quantitative estimate of drug-likeness (QED) is 0.621. The molecule has 0 aromatic heterocycles. The lowest BCUT2D eigenvalue weighted by Crippen LogP contribution is -2.14. The molecule has 0 heterocycles. The van der Waals surface area contributed by atoms with Gasteiger partial charge in [-0.2, -0.15) is 0 Å². The minimum atomic E-state index is -3.85. The smallest absolute Gasteiger partial charge is 0.263 e. The van der Waals surface area contributed by atoms with Crippen LogP contribution in [0.1, 0.15) is 0 Å². The Bertz CT molecular complexity index is 813. The van der Waals surface area contributed by atoms with Crippen LogP contribution in [0.5, 0.6) is 0 Å². The number of benzene rings is 2. The van der Waals surface area contributed by atoms with E-state index in [2.05, 4.69) is 36.6 Å². The molecule has 0 spiro atoms. The number of sulfonamides is 1. The van der Waals surface area contributed by atoms with Crippen molar-refractivity contribution in [2.75, 3.05) is 10.5 Å². The first kappa shape index (κ1) is 16.9. The Morgan fingerprint density at radius 1 is 1.10 bits per heavy atom. The lowest BCUT2D eigenvalue weighted by molar-refractivity contribution is 0.601. The first-order chi connectivity index (χ1) is 9.70. The fourth-order valence-electron chi connectivity index (χ4n) is 1.55. The lowest BCUT2D eigenvalue weighted by Gasteiger charge is -2.12. The Hall–Kier alpha value is -0.470. The Labute approximate surface area is 148 Å². The second kappa shape index (κ2) is 6.34. The number of nitrogens with one attached hydrogen (secondary N) is 1. The van der Waals surface area contributed by atoms with Crippen LogP contribution in [-0.4, -0.2) is 8.42 Å². The van der Waals surface area contributed by atoms with E-state index in [1.165, 1.54) is 18.2 Å². The summed E-state index contributed by atoms with van der Waals surface area (Å²) in [5.74, 6) is 0. The average Bonchev–Trinajstić information content (AvgIpc) is 2.37. The number of hydrogen-bond donors (Lipinski definition) is 2. The zero-order valence-electron chi connectivity index (χ0n) is 10.2. The van der Waals surface area contributed by atoms with Crippen LogP contribution in [0.25, 0.3) is 0 Å². The van der Waals surface area contributed by atoms with E-state index < -0.39 is 10.0 Å². The Morgan fingerprint density at radius 3 is 2.38 bits per heavy atom. The molecule has 0 radical (unpaired) electrons. The molecule has 0 aliphatic carbocycles. The van der Waals surface area contributed by atoms with Gasteiger partial charge in [0.25, 0.3) is 10.0 Å². The normalized spacial score (nSPS) is 11.4. The van der Waals surface area contributed by atoms with Crippen molar-refractivity contribution in [3.05, 3.63) is 49.3 Å². The topological polar surface area (TPSA) is 72.2 Å². The summed E-state index contributed by atoms with van der Waals surface area (Å²) in [6, 6.07) is 7.48. The molecule has 2 aromatic rings. The molecule has 3 N–H and O–H groups in total. The first-order valence-corrected chi connectivity index (χ1v) is 9.25. The summed E-state index contributed by atoms with van der Waals surface area (Å²) in [5.41, 5.74) is 6.27. The number of halogens is 4. The first-order valence-electron chi connectivity index (χ1n) is 5.43. The highest BCUT2D eigenvalue weighted by atomic mass is 79.9. The molecule has 112 valence electrons. The highest BCUT2D eigenvalue weighted by Gasteiger charge is 2.20. The van der Waals surface area contributed by atoms with Crippen LogP contribution < -0.4 is 10.5 Å². The van der Waals surface area contributed by atoms with E-state index in [9.17, 15) is 8.42 Å². The minimum Gasteiger partial charge on any atom is -0.398 e. The van der Waals surface area contributed by atoms with E-state index in [4.69, 9.17) is 28.9 Å². The molecule has 0 aliphatic heterocycles. The van der Waals surface area contributed by atoms with E-state index in [0.29, 0.717) is 15.2 Å². The maximum Gasteiger partial charge on any atom is 0.263 e. The summed E-state index contributed by atoms with van der Waals surface area (Å²) >= 11 is 18.2. The number of hydrogen-bond acceptors (Lipinski definition) is 3. The number of anilines is 2. The molecule has 0 saturated heterocycles. The molecule has 0 saturated carbocycles. The van der Waals surface area contributed by atoms with E-state index in [-0.39, 0.29) is 20.1 Å². The maximum absolute atomic E-state index is 12.4. The molecule has 0 bridgehead atoms. The van der Waals surface area contributed by atoms with Gasteiger partial charge in [0.2, 0.25) is 0 Å². The van der Waals surface area contributed by atoms with Gasteiger partial charge in [-0.05, 0) is 62.2 Å². The molecule has 4 nitrogen and oxygen atoms in total. The SMILES string of the molecule is Nc1cc(Cl)cc(S(=O)(=O)Nc2ccc(Br)c(Cl)c2)c1Br. The summed E-state index contributed by atoms with van der Waals surface area (Å²) < 4.78 is 28.2. The molecule has 2 rings (SSSR count). The third kappa shape index (κ3) is 3.84. The average molecular weight is 475 g/mol. The van der Waals surface area contributed by atoms with Crippen LogP contribution in [-0.2, 0) is 10.0 Å². The minimum absolute atomic E-state index is 0.0495. The fraction of sp³-hybridized carbons (Fsp3) is 0. The largest absolute Gasteiger partial charge is 0.398 e. The van der Waals surface area contributed by atoms with Crippen molar-refractivity contribution in [3.8, 4) is 0 Å². The molecular weight excluding hydrogens is 467 g/mol. The predicted octanol–water partition coefficient (Wildman–Crippen LogP) is 4.90. The van der Waals surface area contributed by atoms with Crippen LogP contribution in [0, 0.1) is 0 Å². The molecular formula is C12H8Br2Cl2N2O2S. The van der Waals surface area contributed by atoms with Crippen LogP contribution >= 0.6 is 55.1 Å². The van der Waals surface area contributed by atoms with Gasteiger partial charge >= 0.3 is 0 Å². The standard InChI is InChI=1S/C12H8Br2Cl2N2O2S/c13-8-2-1-7(5-9(8)16)18-21(19,20)11-4-6(15)3-10(17)12(11)14/h1-5,18H,17H2. The molecule has 2 aromatic carbocycles. The number of rotatable bonds is 3. The van der Waals surface area contributed by atoms with Gasteiger partial charge in [-0.25, -0.2) is 8.42 Å². The molecule has 21 heavy (non-hydrogen) atoms. The van der Waals surface area contributed by atoms with Crippen molar-refractivity contribution in [1.29, 1.82) is 0 Å². The van der Waals surface area contributed by atoms with Gasteiger partial charge in [-0.3, -0.25) is 4.72 Å². The summed E-state index contributed by atoms with van der Waals surface area (Å²) in [6.07, 6.45) is 0. The van der Waals surface area contributed by atoms with Crippen LogP contribution in [0.15, 0.2) is 44.2 Å². The van der Waals surface area contributed by atoms with Gasteiger partial charge in [-0.15, -0.1) is 0 Å². The van der Waals surface area contributed by atoms with Crippen molar-refractivity contribution in [2.45, 2.75) is 4.90 Å². The molecule has 0 aliphatic rings. The zero-order valence-corrected chi connectivity index (χ0v) is 15.7. The van der Waals surface area contributed by atoms with Gasteiger partial charge in [-0.1, -0.05) is 23.2 Å². The molecule has 0 unspecified atom stereocenters. The van der Waals surface area contributed by atoms with Gasteiger partial charge < -0.3 is 5.73 Å². The molecule has 9 heteroatoms. The Morgan fingerprint density at radius 2 is 1.76 bits per heavy atom. The van der Waals surface area contributed by atoms with Gasteiger partial charge in [0, 0.05) is 15.2 Å². The van der Waals surface area contributed by atoms with Crippen molar-refractivity contribution in [1.82, 2.24) is 0 Å². The van der Waals surface area contributed by atoms with Crippen molar-refractivity contribution >= 4 is 76.5 Å². The van der Waals surface area contributed by atoms with Crippen LogP contribution in [0.3, 0.4) is 0 Å². The number of nitrogens with two attached hydrogens (primary N) is 1. The van der Waals surface area contributed by atoms with Gasteiger partial charge in [0.05, 0.1) is 15.2 Å². The monoisotopic (exact) mass is 472 g/mol. The third-order valence-electron chi connectivity index (χ3n) is 2.49. The summed E-state index contributed by atoms with van der Waals surface area (Å²) in [6.45, 7) is 0. The highest BCUT2D eigenvalue weighted by molar-refractivity contribution is 9.11. The van der Waals surface area contributed by atoms with E-state index in [1.807, 2.05) is 0 Å². The fourth-order valence-corrected chi connectivity index (χ4v) is 4.32. The molecule has 0 atom stereocenters. The molecule has 0 fully saturated rings. The van der Waals surface area contributed by atoms with E-state index in [0.717, 1.165) is 0 Å². The van der Waals surface area contributed by atoms with E-state index in [1.54, 1.807) is 12.1 Å². The second-order valence-electron chi connectivity index (χ2n) is 4.04. The Balaban J connectivity index is 2.45. The summed E-state index contributed by atoms with van der Waals surface area (Å²) in [7, 11) is -3.85. The van der Waals surface area contributed by atoms with Gasteiger partial charge in [0.1, 0.15) is 4.90 Å². The maximum atomic E-state index is 12.4. The number of nitrogen functional groups attached to an aromatic ring is 1. The van der Waals surface area contributed by atoms with Crippen molar-refractivity contribution < 1.29 is 8.42 Å². The zero-order chi connectivity index (χ0) is 15.8. The van der Waals surface area contributed by atoms with Gasteiger partial charge in [0.15, 0.2) is 0 Å². The third-order valence-corrected chi connectivity index (χ3v) is 6.50. The van der Waals surface area contributed by atoms with Crippen molar-refractivity contribution in [2.24, 2.45) is 0 Å². The van der Waals surface area contributed by atoms with Crippen molar-refractivity contribution in [3.63, 3.8) is 0 Å². The second-order valence-corrected chi connectivity index (χ2v) is 8.18. The van der Waals surface area contributed by atoms with E-state index >= 15 is 0 Å².